The fourth-order valence-electron chi connectivity index (χ4n) is 1.75. The molecule has 0 aliphatic carbocycles. The van der Waals surface area contributed by atoms with Crippen molar-refractivity contribution in [3.8, 4) is 0 Å². The number of nitrogens with one attached hydrogen (secondary N) is 1. The van der Waals surface area contributed by atoms with Gasteiger partial charge >= 0.3 is 0 Å². The minimum atomic E-state index is -0.144. The van der Waals surface area contributed by atoms with Crippen molar-refractivity contribution < 1.29 is 9.13 Å². The largest absolute Gasteiger partial charge is 0.502 e. The van der Waals surface area contributed by atoms with E-state index in [2.05, 4.69) is 11.9 Å². The van der Waals surface area contributed by atoms with E-state index in [4.69, 9.17) is 4.74 Å². The van der Waals surface area contributed by atoms with Crippen LogP contribution in [0, 0.1) is 5.82 Å². The monoisotopic (exact) mass is 237 g/mol. The van der Waals surface area contributed by atoms with Gasteiger partial charge in [-0.3, -0.25) is 0 Å². The summed E-state index contributed by atoms with van der Waals surface area (Å²) in [6, 6.07) is 6.98. The zero-order valence-corrected chi connectivity index (χ0v) is 10.3. The maximum atomic E-state index is 13.6. The second-order valence-electron chi connectivity index (χ2n) is 3.83. The maximum Gasteiger partial charge on any atom is 0.127 e. The van der Waals surface area contributed by atoms with Crippen molar-refractivity contribution in [1.82, 2.24) is 5.32 Å². The average Bonchev–Trinajstić information content (AvgIpc) is 2.35. The molecule has 0 fully saturated rings. The highest BCUT2D eigenvalue weighted by Gasteiger charge is 2.11. The second-order valence-corrected chi connectivity index (χ2v) is 3.83. The standard InChI is InChI=1S/C14H20FNO/c1-3-14(16-10-7-11-17-4-2)12-8-5-6-9-13(12)15/h4-6,8-9,14,16H,2-3,7,10-11H2,1H3. The van der Waals surface area contributed by atoms with Crippen LogP contribution in [0.3, 0.4) is 0 Å². The Bertz CT molecular complexity index is 341. The highest BCUT2D eigenvalue weighted by atomic mass is 19.1. The third-order valence-corrected chi connectivity index (χ3v) is 2.64. The molecule has 0 spiro atoms. The molecule has 0 aliphatic heterocycles. The van der Waals surface area contributed by atoms with Crippen LogP contribution in [0.2, 0.25) is 0 Å². The third kappa shape index (κ3) is 4.57. The summed E-state index contributed by atoms with van der Waals surface area (Å²) in [5, 5.41) is 3.33. The number of rotatable bonds is 8. The van der Waals surface area contributed by atoms with Gasteiger partial charge in [0.2, 0.25) is 0 Å². The smallest absolute Gasteiger partial charge is 0.127 e. The normalized spacial score (nSPS) is 12.1. The fourth-order valence-corrected chi connectivity index (χ4v) is 1.75. The van der Waals surface area contributed by atoms with Crippen LogP contribution in [0.15, 0.2) is 37.1 Å². The van der Waals surface area contributed by atoms with Gasteiger partial charge in [-0.05, 0) is 25.5 Å². The van der Waals surface area contributed by atoms with Crippen molar-refractivity contribution in [3.63, 3.8) is 0 Å². The van der Waals surface area contributed by atoms with E-state index >= 15 is 0 Å². The Hall–Kier alpha value is -1.35. The fraction of sp³-hybridized carbons (Fsp3) is 0.429. The van der Waals surface area contributed by atoms with Gasteiger partial charge in [-0.25, -0.2) is 4.39 Å². The van der Waals surface area contributed by atoms with Crippen LogP contribution in [0.25, 0.3) is 0 Å². The SMILES string of the molecule is C=COCCCNC(CC)c1ccccc1F. The lowest BCUT2D eigenvalue weighted by atomic mass is 10.0. The molecular weight excluding hydrogens is 217 g/mol. The molecule has 1 rings (SSSR count). The lowest BCUT2D eigenvalue weighted by Gasteiger charge is -2.17. The van der Waals surface area contributed by atoms with E-state index in [1.807, 2.05) is 19.1 Å². The molecule has 0 radical (unpaired) electrons. The molecule has 94 valence electrons. The van der Waals surface area contributed by atoms with Gasteiger partial charge in [-0.15, -0.1) is 0 Å². The van der Waals surface area contributed by atoms with Crippen LogP contribution < -0.4 is 5.32 Å². The first-order valence-electron chi connectivity index (χ1n) is 6.00. The molecule has 0 heterocycles. The highest BCUT2D eigenvalue weighted by molar-refractivity contribution is 5.20. The number of benzene rings is 1. The molecule has 1 unspecified atom stereocenters. The molecule has 0 saturated carbocycles. The van der Waals surface area contributed by atoms with Gasteiger partial charge in [-0.1, -0.05) is 31.7 Å². The third-order valence-electron chi connectivity index (χ3n) is 2.64. The van der Waals surface area contributed by atoms with Crippen molar-refractivity contribution in [1.29, 1.82) is 0 Å². The highest BCUT2D eigenvalue weighted by Crippen LogP contribution is 2.19. The topological polar surface area (TPSA) is 21.3 Å². The van der Waals surface area contributed by atoms with Gasteiger partial charge in [-0.2, -0.15) is 0 Å². The van der Waals surface area contributed by atoms with Crippen molar-refractivity contribution in [2.45, 2.75) is 25.8 Å². The van der Waals surface area contributed by atoms with Crippen molar-refractivity contribution in [2.24, 2.45) is 0 Å². The van der Waals surface area contributed by atoms with E-state index in [0.29, 0.717) is 6.61 Å². The number of hydrogen-bond acceptors (Lipinski definition) is 2. The number of ether oxygens (including phenoxy) is 1. The number of hydrogen-bond donors (Lipinski definition) is 1. The molecule has 0 aromatic heterocycles. The summed E-state index contributed by atoms with van der Waals surface area (Å²) in [4.78, 5) is 0. The van der Waals surface area contributed by atoms with E-state index in [0.717, 1.165) is 24.9 Å². The zero-order chi connectivity index (χ0) is 12.5. The van der Waals surface area contributed by atoms with Crippen LogP contribution >= 0.6 is 0 Å². The van der Waals surface area contributed by atoms with Gasteiger partial charge in [0.05, 0.1) is 12.9 Å². The van der Waals surface area contributed by atoms with Crippen LogP contribution in [0.1, 0.15) is 31.4 Å². The van der Waals surface area contributed by atoms with E-state index < -0.39 is 0 Å². The molecule has 0 aliphatic rings. The minimum Gasteiger partial charge on any atom is -0.502 e. The van der Waals surface area contributed by atoms with Gasteiger partial charge in [0.1, 0.15) is 5.82 Å². The summed E-state index contributed by atoms with van der Waals surface area (Å²) < 4.78 is 18.6. The van der Waals surface area contributed by atoms with Crippen LogP contribution in [0.4, 0.5) is 4.39 Å². The molecule has 3 heteroatoms. The molecule has 0 saturated heterocycles. The van der Waals surface area contributed by atoms with E-state index in [9.17, 15) is 4.39 Å². The predicted molar refractivity (Wildman–Crippen MR) is 68.2 cm³/mol. The maximum absolute atomic E-state index is 13.6. The Morgan fingerprint density at radius 1 is 1.47 bits per heavy atom. The summed E-state index contributed by atoms with van der Waals surface area (Å²) in [7, 11) is 0. The second kappa shape index (κ2) is 7.85. The van der Waals surface area contributed by atoms with Crippen molar-refractivity contribution >= 4 is 0 Å². The number of halogens is 1. The Morgan fingerprint density at radius 3 is 2.88 bits per heavy atom. The molecule has 2 nitrogen and oxygen atoms in total. The minimum absolute atomic E-state index is 0.0694. The predicted octanol–water partition coefficient (Wildman–Crippen LogP) is 3.42. The van der Waals surface area contributed by atoms with E-state index in [-0.39, 0.29) is 11.9 Å². The average molecular weight is 237 g/mol. The zero-order valence-electron chi connectivity index (χ0n) is 10.3. The Kier molecular flexibility index (Phi) is 6.33. The van der Waals surface area contributed by atoms with Crippen molar-refractivity contribution in [2.75, 3.05) is 13.2 Å². The van der Waals surface area contributed by atoms with E-state index in [1.54, 1.807) is 6.07 Å². The molecule has 0 amide bonds. The molecule has 1 aromatic rings. The van der Waals surface area contributed by atoms with Crippen LogP contribution in [0.5, 0.6) is 0 Å². The first kappa shape index (κ1) is 13.7. The quantitative estimate of drug-likeness (QED) is 0.552. The molecule has 1 atom stereocenters. The summed E-state index contributed by atoms with van der Waals surface area (Å²) in [5.41, 5.74) is 0.736. The van der Waals surface area contributed by atoms with Gasteiger partial charge in [0.15, 0.2) is 0 Å². The molecule has 1 N–H and O–H groups in total. The molecule has 17 heavy (non-hydrogen) atoms. The Balaban J connectivity index is 2.43. The first-order valence-corrected chi connectivity index (χ1v) is 6.00. The summed E-state index contributed by atoms with van der Waals surface area (Å²) in [6.07, 6.45) is 3.19. The summed E-state index contributed by atoms with van der Waals surface area (Å²) in [5.74, 6) is -0.144. The summed E-state index contributed by atoms with van der Waals surface area (Å²) >= 11 is 0. The van der Waals surface area contributed by atoms with Crippen LogP contribution in [-0.4, -0.2) is 13.2 Å². The summed E-state index contributed by atoms with van der Waals surface area (Å²) in [6.45, 7) is 6.97. The molecular formula is C14H20FNO. The van der Waals surface area contributed by atoms with Gasteiger partial charge < -0.3 is 10.1 Å². The van der Waals surface area contributed by atoms with E-state index in [1.165, 1.54) is 12.3 Å². The Morgan fingerprint density at radius 2 is 2.24 bits per heavy atom. The van der Waals surface area contributed by atoms with Crippen LogP contribution in [-0.2, 0) is 4.74 Å². The van der Waals surface area contributed by atoms with Crippen molar-refractivity contribution in [3.05, 3.63) is 48.5 Å². The Labute approximate surface area is 102 Å². The van der Waals surface area contributed by atoms with Gasteiger partial charge in [0, 0.05) is 11.6 Å². The lowest BCUT2D eigenvalue weighted by molar-refractivity contribution is 0.242. The van der Waals surface area contributed by atoms with Gasteiger partial charge in [0.25, 0.3) is 0 Å². The molecule has 0 bridgehead atoms. The molecule has 1 aromatic carbocycles. The lowest BCUT2D eigenvalue weighted by Crippen LogP contribution is -2.23. The first-order chi connectivity index (χ1) is 8.29.